The average molecular weight is 209 g/mol. The Balaban J connectivity index is 2.24. The molecule has 0 bridgehead atoms. The molecule has 1 heterocycles. The van der Waals surface area contributed by atoms with Gasteiger partial charge in [-0.1, -0.05) is 27.7 Å². The van der Waals surface area contributed by atoms with Crippen molar-refractivity contribution in [3.8, 4) is 0 Å². The molecular formula is C13H23NO. The van der Waals surface area contributed by atoms with Crippen molar-refractivity contribution in [1.82, 2.24) is 5.32 Å². The lowest BCUT2D eigenvalue weighted by Crippen LogP contribution is -2.30. The monoisotopic (exact) mass is 209 g/mol. The Labute approximate surface area is 93.1 Å². The largest absolute Gasteiger partial charge is 0.468 e. The summed E-state index contributed by atoms with van der Waals surface area (Å²) in [7, 11) is 0. The van der Waals surface area contributed by atoms with Gasteiger partial charge in [-0.15, -0.1) is 0 Å². The maximum atomic E-state index is 5.27. The van der Waals surface area contributed by atoms with E-state index in [0.29, 0.717) is 5.41 Å². The Bertz CT molecular complexity index is 262. The van der Waals surface area contributed by atoms with Gasteiger partial charge >= 0.3 is 0 Å². The van der Waals surface area contributed by atoms with Crippen LogP contribution in [0.2, 0.25) is 0 Å². The molecule has 0 aliphatic heterocycles. The summed E-state index contributed by atoms with van der Waals surface area (Å²) in [5.74, 6) is 1.76. The maximum Gasteiger partial charge on any atom is 0.117 e. The van der Waals surface area contributed by atoms with Crippen molar-refractivity contribution in [2.24, 2.45) is 11.3 Å². The topological polar surface area (TPSA) is 25.2 Å². The summed E-state index contributed by atoms with van der Waals surface area (Å²) >= 11 is 0. The predicted molar refractivity (Wildman–Crippen MR) is 63.7 cm³/mol. The van der Waals surface area contributed by atoms with E-state index in [2.05, 4.69) is 33.0 Å². The first-order chi connectivity index (χ1) is 6.99. The Morgan fingerprint density at radius 3 is 2.67 bits per heavy atom. The van der Waals surface area contributed by atoms with Crippen molar-refractivity contribution in [2.45, 2.75) is 40.7 Å². The summed E-state index contributed by atoms with van der Waals surface area (Å²) in [6.45, 7) is 11.0. The van der Waals surface area contributed by atoms with Crippen LogP contribution in [0.25, 0.3) is 0 Å². The minimum Gasteiger partial charge on any atom is -0.468 e. The second-order valence-electron chi connectivity index (χ2n) is 5.45. The van der Waals surface area contributed by atoms with Crippen molar-refractivity contribution >= 4 is 0 Å². The molecule has 0 saturated heterocycles. The van der Waals surface area contributed by atoms with E-state index in [1.165, 1.54) is 6.42 Å². The van der Waals surface area contributed by atoms with E-state index in [1.807, 2.05) is 12.1 Å². The molecule has 15 heavy (non-hydrogen) atoms. The van der Waals surface area contributed by atoms with Gasteiger partial charge in [-0.05, 0) is 29.9 Å². The molecule has 1 N–H and O–H groups in total. The van der Waals surface area contributed by atoms with E-state index in [9.17, 15) is 0 Å². The third kappa shape index (κ3) is 5.03. The van der Waals surface area contributed by atoms with Crippen LogP contribution in [0.3, 0.4) is 0 Å². The van der Waals surface area contributed by atoms with Gasteiger partial charge in [0.1, 0.15) is 5.76 Å². The van der Waals surface area contributed by atoms with E-state index in [4.69, 9.17) is 4.42 Å². The molecule has 0 unspecified atom stereocenters. The summed E-state index contributed by atoms with van der Waals surface area (Å²) in [6.07, 6.45) is 2.97. The standard InChI is InChI=1S/C13H23NO/c1-11(2)8-13(3,4)10-14-9-12-6-5-7-15-12/h5-7,11,14H,8-10H2,1-4H3. The fourth-order valence-corrected chi connectivity index (χ4v) is 2.11. The molecular weight excluding hydrogens is 186 g/mol. The minimum atomic E-state index is 0.362. The van der Waals surface area contributed by atoms with Crippen molar-refractivity contribution < 1.29 is 4.42 Å². The molecule has 2 nitrogen and oxygen atoms in total. The van der Waals surface area contributed by atoms with E-state index < -0.39 is 0 Å². The first-order valence-electron chi connectivity index (χ1n) is 5.73. The summed E-state index contributed by atoms with van der Waals surface area (Å²) in [4.78, 5) is 0. The zero-order chi connectivity index (χ0) is 11.3. The lowest BCUT2D eigenvalue weighted by atomic mass is 9.84. The smallest absolute Gasteiger partial charge is 0.117 e. The molecule has 0 radical (unpaired) electrons. The second kappa shape index (κ2) is 5.36. The number of hydrogen-bond acceptors (Lipinski definition) is 2. The fraction of sp³-hybridized carbons (Fsp3) is 0.692. The SMILES string of the molecule is CC(C)CC(C)(C)CNCc1ccco1. The Hall–Kier alpha value is -0.760. The quantitative estimate of drug-likeness (QED) is 0.776. The molecule has 0 amide bonds. The van der Waals surface area contributed by atoms with Gasteiger partial charge in [0.25, 0.3) is 0 Å². The predicted octanol–water partition coefficient (Wildman–Crippen LogP) is 3.44. The summed E-state index contributed by atoms with van der Waals surface area (Å²) < 4.78 is 5.27. The molecule has 1 aromatic heterocycles. The van der Waals surface area contributed by atoms with Crippen molar-refractivity contribution in [1.29, 1.82) is 0 Å². The van der Waals surface area contributed by atoms with Gasteiger partial charge in [0.05, 0.1) is 12.8 Å². The van der Waals surface area contributed by atoms with Gasteiger partial charge in [-0.3, -0.25) is 0 Å². The first kappa shape index (κ1) is 12.3. The first-order valence-corrected chi connectivity index (χ1v) is 5.73. The van der Waals surface area contributed by atoms with Gasteiger partial charge in [0.15, 0.2) is 0 Å². The lowest BCUT2D eigenvalue weighted by molar-refractivity contribution is 0.269. The highest BCUT2D eigenvalue weighted by atomic mass is 16.3. The maximum absolute atomic E-state index is 5.27. The zero-order valence-corrected chi connectivity index (χ0v) is 10.3. The third-order valence-electron chi connectivity index (χ3n) is 2.44. The van der Waals surface area contributed by atoms with Crippen LogP contribution in [-0.4, -0.2) is 6.54 Å². The summed E-state index contributed by atoms with van der Waals surface area (Å²) in [6, 6.07) is 3.93. The molecule has 0 aliphatic carbocycles. The van der Waals surface area contributed by atoms with Crippen LogP contribution in [0.1, 0.15) is 39.9 Å². The summed E-state index contributed by atoms with van der Waals surface area (Å²) in [5.41, 5.74) is 0.362. The summed E-state index contributed by atoms with van der Waals surface area (Å²) in [5, 5.41) is 3.44. The van der Waals surface area contributed by atoms with Crippen LogP contribution in [0.5, 0.6) is 0 Å². The Kier molecular flexibility index (Phi) is 4.40. The molecule has 0 fully saturated rings. The highest BCUT2D eigenvalue weighted by molar-refractivity contribution is 4.97. The molecule has 0 atom stereocenters. The molecule has 0 spiro atoms. The van der Waals surface area contributed by atoms with Gasteiger partial charge in [-0.25, -0.2) is 0 Å². The highest BCUT2D eigenvalue weighted by Crippen LogP contribution is 2.24. The fourth-order valence-electron chi connectivity index (χ4n) is 2.11. The molecule has 0 saturated carbocycles. The van der Waals surface area contributed by atoms with Crippen LogP contribution in [0.4, 0.5) is 0 Å². The van der Waals surface area contributed by atoms with Crippen LogP contribution in [0.15, 0.2) is 22.8 Å². The van der Waals surface area contributed by atoms with Gasteiger partial charge in [-0.2, -0.15) is 0 Å². The number of rotatable bonds is 6. The second-order valence-corrected chi connectivity index (χ2v) is 5.45. The van der Waals surface area contributed by atoms with Crippen LogP contribution >= 0.6 is 0 Å². The molecule has 2 heteroatoms. The lowest BCUT2D eigenvalue weighted by Gasteiger charge is -2.26. The van der Waals surface area contributed by atoms with Crippen molar-refractivity contribution in [2.75, 3.05) is 6.54 Å². The normalized spacial score (nSPS) is 12.3. The van der Waals surface area contributed by atoms with Crippen LogP contribution in [-0.2, 0) is 6.54 Å². The number of furan rings is 1. The Morgan fingerprint density at radius 1 is 1.40 bits per heavy atom. The van der Waals surface area contributed by atoms with Crippen LogP contribution < -0.4 is 5.32 Å². The average Bonchev–Trinajstić information content (AvgIpc) is 2.53. The number of hydrogen-bond donors (Lipinski definition) is 1. The zero-order valence-electron chi connectivity index (χ0n) is 10.3. The number of nitrogens with one attached hydrogen (secondary N) is 1. The van der Waals surface area contributed by atoms with Crippen molar-refractivity contribution in [3.05, 3.63) is 24.2 Å². The minimum absolute atomic E-state index is 0.362. The van der Waals surface area contributed by atoms with E-state index >= 15 is 0 Å². The van der Waals surface area contributed by atoms with E-state index in [-0.39, 0.29) is 0 Å². The molecule has 86 valence electrons. The van der Waals surface area contributed by atoms with Gasteiger partial charge in [0.2, 0.25) is 0 Å². The third-order valence-corrected chi connectivity index (χ3v) is 2.44. The van der Waals surface area contributed by atoms with E-state index in [1.54, 1.807) is 6.26 Å². The molecule has 1 rings (SSSR count). The van der Waals surface area contributed by atoms with Crippen molar-refractivity contribution in [3.63, 3.8) is 0 Å². The van der Waals surface area contributed by atoms with Gasteiger partial charge in [0, 0.05) is 6.54 Å². The molecule has 0 aliphatic rings. The molecule has 1 aromatic rings. The Morgan fingerprint density at radius 2 is 2.13 bits per heavy atom. The van der Waals surface area contributed by atoms with Crippen LogP contribution in [0, 0.1) is 11.3 Å². The van der Waals surface area contributed by atoms with E-state index in [0.717, 1.165) is 24.8 Å². The molecule has 0 aromatic carbocycles. The van der Waals surface area contributed by atoms with Gasteiger partial charge < -0.3 is 9.73 Å². The highest BCUT2D eigenvalue weighted by Gasteiger charge is 2.18.